The van der Waals surface area contributed by atoms with Crippen molar-refractivity contribution in [3.05, 3.63) is 30.1 Å². The average Bonchev–Trinajstić information content (AvgIpc) is 2.88. The van der Waals surface area contributed by atoms with E-state index in [4.69, 9.17) is 10.7 Å². The lowest BCUT2D eigenvalue weighted by Gasteiger charge is -2.14. The number of unbranched alkanes of at least 4 members (excludes halogenated alkanes) is 4. The van der Waals surface area contributed by atoms with Gasteiger partial charge in [-0.25, -0.2) is 4.98 Å². The molecule has 1 heterocycles. The van der Waals surface area contributed by atoms with Gasteiger partial charge in [-0.1, -0.05) is 58.1 Å². The van der Waals surface area contributed by atoms with Gasteiger partial charge < -0.3 is 10.3 Å². The first-order chi connectivity index (χ1) is 10.3. The van der Waals surface area contributed by atoms with Crippen LogP contribution in [0.5, 0.6) is 0 Å². The molecule has 2 N–H and O–H groups in total. The topological polar surface area (TPSA) is 43.8 Å². The van der Waals surface area contributed by atoms with Crippen LogP contribution in [-0.2, 0) is 6.54 Å². The van der Waals surface area contributed by atoms with E-state index in [0.717, 1.165) is 24.3 Å². The van der Waals surface area contributed by atoms with Crippen molar-refractivity contribution >= 4 is 11.0 Å². The lowest BCUT2D eigenvalue weighted by Crippen LogP contribution is -2.17. The van der Waals surface area contributed by atoms with Gasteiger partial charge in [0.15, 0.2) is 0 Å². The van der Waals surface area contributed by atoms with Gasteiger partial charge in [0.25, 0.3) is 0 Å². The molecular weight excluding hydrogens is 258 g/mol. The van der Waals surface area contributed by atoms with Crippen molar-refractivity contribution in [3.63, 3.8) is 0 Å². The summed E-state index contributed by atoms with van der Waals surface area (Å²) in [5, 5.41) is 0. The summed E-state index contributed by atoms with van der Waals surface area (Å²) in [5.74, 6) is 1.07. The minimum Gasteiger partial charge on any atom is -0.327 e. The Morgan fingerprint density at radius 3 is 2.57 bits per heavy atom. The highest BCUT2D eigenvalue weighted by Crippen LogP contribution is 2.23. The predicted octanol–water partition coefficient (Wildman–Crippen LogP) is 4.81. The summed E-state index contributed by atoms with van der Waals surface area (Å²) in [4.78, 5) is 4.80. The Hall–Kier alpha value is -1.35. The molecule has 0 aliphatic heterocycles. The molecule has 3 heteroatoms. The molecule has 1 aromatic carbocycles. The molecule has 0 bridgehead atoms. The van der Waals surface area contributed by atoms with Crippen LogP contribution in [0.2, 0.25) is 0 Å². The number of hydrogen-bond acceptors (Lipinski definition) is 2. The molecule has 0 saturated carbocycles. The van der Waals surface area contributed by atoms with Crippen LogP contribution >= 0.6 is 0 Å². The van der Waals surface area contributed by atoms with E-state index in [1.807, 2.05) is 0 Å². The Balaban J connectivity index is 2.21. The van der Waals surface area contributed by atoms with E-state index in [1.54, 1.807) is 0 Å². The van der Waals surface area contributed by atoms with Crippen molar-refractivity contribution in [1.82, 2.24) is 9.55 Å². The molecule has 0 aliphatic rings. The number of nitrogens with two attached hydrogens (primary N) is 1. The van der Waals surface area contributed by atoms with Crippen LogP contribution in [0.15, 0.2) is 24.3 Å². The number of nitrogens with zero attached hydrogens (tertiary/aromatic N) is 2. The molecule has 116 valence electrons. The first kappa shape index (κ1) is 16.0. The molecule has 1 aromatic heterocycles. The highest BCUT2D eigenvalue weighted by Gasteiger charge is 2.16. The van der Waals surface area contributed by atoms with Crippen molar-refractivity contribution in [2.24, 2.45) is 5.73 Å². The molecule has 1 atom stereocenters. The molecule has 0 amide bonds. The van der Waals surface area contributed by atoms with Crippen LogP contribution < -0.4 is 5.73 Å². The molecule has 0 radical (unpaired) electrons. The van der Waals surface area contributed by atoms with Gasteiger partial charge >= 0.3 is 0 Å². The number of imidazole rings is 1. The first-order valence-electron chi connectivity index (χ1n) is 8.48. The van der Waals surface area contributed by atoms with E-state index < -0.39 is 0 Å². The number of hydrogen-bond donors (Lipinski definition) is 1. The fourth-order valence-corrected chi connectivity index (χ4v) is 2.86. The maximum atomic E-state index is 6.39. The highest BCUT2D eigenvalue weighted by molar-refractivity contribution is 5.76. The van der Waals surface area contributed by atoms with E-state index in [0.29, 0.717) is 0 Å². The van der Waals surface area contributed by atoms with Crippen LogP contribution in [0.25, 0.3) is 11.0 Å². The zero-order valence-electron chi connectivity index (χ0n) is 13.5. The van der Waals surface area contributed by atoms with Crippen LogP contribution in [0.4, 0.5) is 0 Å². The van der Waals surface area contributed by atoms with E-state index >= 15 is 0 Å². The van der Waals surface area contributed by atoms with Gasteiger partial charge in [-0.15, -0.1) is 0 Å². The van der Waals surface area contributed by atoms with Crippen LogP contribution in [0.1, 0.15) is 70.7 Å². The predicted molar refractivity (Wildman–Crippen MR) is 90.3 cm³/mol. The number of benzene rings is 1. The zero-order chi connectivity index (χ0) is 15.1. The van der Waals surface area contributed by atoms with Crippen molar-refractivity contribution < 1.29 is 0 Å². The number of fused-ring (bicyclic) bond motifs is 1. The third-order valence-corrected chi connectivity index (χ3v) is 4.12. The quantitative estimate of drug-likeness (QED) is 0.673. The Labute approximate surface area is 128 Å². The molecular formula is C18H29N3. The number of rotatable bonds is 9. The van der Waals surface area contributed by atoms with Crippen LogP contribution in [-0.4, -0.2) is 9.55 Å². The molecule has 2 aromatic rings. The zero-order valence-corrected chi connectivity index (χ0v) is 13.5. The normalized spacial score (nSPS) is 12.9. The molecule has 0 saturated heterocycles. The first-order valence-corrected chi connectivity index (χ1v) is 8.48. The summed E-state index contributed by atoms with van der Waals surface area (Å²) in [5.41, 5.74) is 8.70. The maximum absolute atomic E-state index is 6.39. The monoisotopic (exact) mass is 287 g/mol. The second-order valence-corrected chi connectivity index (χ2v) is 5.92. The van der Waals surface area contributed by atoms with Crippen molar-refractivity contribution in [1.29, 1.82) is 0 Å². The third-order valence-electron chi connectivity index (χ3n) is 4.12. The molecule has 2 rings (SSSR count). The van der Waals surface area contributed by atoms with Gasteiger partial charge in [0.2, 0.25) is 0 Å². The summed E-state index contributed by atoms with van der Waals surface area (Å²) in [7, 11) is 0. The smallest absolute Gasteiger partial charge is 0.126 e. The molecule has 0 aliphatic carbocycles. The second-order valence-electron chi connectivity index (χ2n) is 5.92. The molecule has 21 heavy (non-hydrogen) atoms. The minimum atomic E-state index is 0.0588. The molecule has 0 fully saturated rings. The van der Waals surface area contributed by atoms with Gasteiger partial charge in [-0.3, -0.25) is 0 Å². The lowest BCUT2D eigenvalue weighted by atomic mass is 10.1. The summed E-state index contributed by atoms with van der Waals surface area (Å²) >= 11 is 0. The third kappa shape index (κ3) is 4.07. The largest absolute Gasteiger partial charge is 0.327 e. The average molecular weight is 287 g/mol. The van der Waals surface area contributed by atoms with Crippen molar-refractivity contribution in [2.45, 2.75) is 71.4 Å². The van der Waals surface area contributed by atoms with Gasteiger partial charge in [0, 0.05) is 6.54 Å². The van der Waals surface area contributed by atoms with Gasteiger partial charge in [-0.2, -0.15) is 0 Å². The van der Waals surface area contributed by atoms with Crippen molar-refractivity contribution in [3.8, 4) is 0 Å². The molecule has 1 unspecified atom stereocenters. The fraction of sp³-hybridized carbons (Fsp3) is 0.611. The van der Waals surface area contributed by atoms with Gasteiger partial charge in [0.1, 0.15) is 5.82 Å². The van der Waals surface area contributed by atoms with E-state index in [-0.39, 0.29) is 6.04 Å². The van der Waals surface area contributed by atoms with E-state index in [9.17, 15) is 0 Å². The Bertz CT molecular complexity index is 544. The Kier molecular flexibility index (Phi) is 6.24. The lowest BCUT2D eigenvalue weighted by molar-refractivity contribution is 0.518. The number of aryl methyl sites for hydroxylation is 1. The maximum Gasteiger partial charge on any atom is 0.126 e. The van der Waals surface area contributed by atoms with E-state index in [2.05, 4.69) is 42.7 Å². The second kappa shape index (κ2) is 8.18. The van der Waals surface area contributed by atoms with Gasteiger partial charge in [0.05, 0.1) is 17.1 Å². The number of aromatic nitrogens is 2. The standard InChI is InChI=1S/C18H29N3/c1-3-5-7-10-14-21-17-13-9-8-12-16(17)20-18(21)15(19)11-6-4-2/h8-9,12-13,15H,3-7,10-11,14,19H2,1-2H3. The Morgan fingerprint density at radius 2 is 1.81 bits per heavy atom. The highest BCUT2D eigenvalue weighted by atomic mass is 15.1. The summed E-state index contributed by atoms with van der Waals surface area (Å²) in [6.07, 6.45) is 8.45. The van der Waals surface area contributed by atoms with Crippen LogP contribution in [0, 0.1) is 0 Å². The van der Waals surface area contributed by atoms with Crippen LogP contribution in [0.3, 0.4) is 0 Å². The summed E-state index contributed by atoms with van der Waals surface area (Å²) in [6.45, 7) is 5.49. The molecule has 3 nitrogen and oxygen atoms in total. The van der Waals surface area contributed by atoms with Gasteiger partial charge in [-0.05, 0) is 25.0 Å². The van der Waals surface area contributed by atoms with E-state index in [1.165, 1.54) is 44.0 Å². The SMILES string of the molecule is CCCCCCn1c(C(N)CCCC)nc2ccccc21. The van der Waals surface area contributed by atoms with Crippen molar-refractivity contribution in [2.75, 3.05) is 0 Å². The molecule has 0 spiro atoms. The Morgan fingerprint density at radius 1 is 1.05 bits per heavy atom. The minimum absolute atomic E-state index is 0.0588. The summed E-state index contributed by atoms with van der Waals surface area (Å²) in [6, 6.07) is 8.46. The summed E-state index contributed by atoms with van der Waals surface area (Å²) < 4.78 is 2.35. The number of para-hydroxylation sites is 2. The fourth-order valence-electron chi connectivity index (χ4n) is 2.86.